The lowest BCUT2D eigenvalue weighted by molar-refractivity contribution is 0.483. The van der Waals surface area contributed by atoms with E-state index in [1.807, 2.05) is 19.1 Å². The van der Waals surface area contributed by atoms with Crippen molar-refractivity contribution in [3.8, 4) is 11.5 Å². The molecular weight excluding hydrogens is 240 g/mol. The van der Waals surface area contributed by atoms with Crippen LogP contribution in [-0.2, 0) is 0 Å². The molecule has 1 heterocycles. The fourth-order valence-electron chi connectivity index (χ4n) is 1.44. The van der Waals surface area contributed by atoms with E-state index in [0.717, 1.165) is 5.56 Å². The van der Waals surface area contributed by atoms with E-state index < -0.39 is 0 Å². The summed E-state index contributed by atoms with van der Waals surface area (Å²) in [6.07, 6.45) is 1.40. The molecule has 1 aromatic carbocycles. The minimum absolute atomic E-state index is 0.270. The summed E-state index contributed by atoms with van der Waals surface area (Å²) in [6.45, 7) is 1.90. The largest absolute Gasteiger partial charge is 0.455 e. The highest BCUT2D eigenvalue weighted by atomic mass is 35.5. The van der Waals surface area contributed by atoms with Gasteiger partial charge in [-0.1, -0.05) is 11.6 Å². The van der Waals surface area contributed by atoms with Crippen molar-refractivity contribution < 1.29 is 4.74 Å². The molecular formula is C12H11ClN2O2. The second kappa shape index (κ2) is 4.51. The first-order valence-electron chi connectivity index (χ1n) is 4.98. The molecule has 2 rings (SSSR count). The lowest BCUT2D eigenvalue weighted by Crippen LogP contribution is -2.05. The highest BCUT2D eigenvalue weighted by Crippen LogP contribution is 2.28. The van der Waals surface area contributed by atoms with E-state index in [1.165, 1.54) is 12.3 Å². The number of anilines is 1. The maximum atomic E-state index is 11.1. The van der Waals surface area contributed by atoms with Gasteiger partial charge < -0.3 is 15.5 Å². The summed E-state index contributed by atoms with van der Waals surface area (Å²) in [4.78, 5) is 13.6. The van der Waals surface area contributed by atoms with E-state index in [2.05, 4.69) is 4.98 Å². The van der Waals surface area contributed by atoms with Crippen LogP contribution in [0.5, 0.6) is 11.5 Å². The number of nitrogen functional groups attached to an aromatic ring is 1. The smallest absolute Gasteiger partial charge is 0.251 e. The summed E-state index contributed by atoms with van der Waals surface area (Å²) in [6, 6.07) is 6.59. The minimum atomic E-state index is -0.270. The fraction of sp³-hybridized carbons (Fsp3) is 0.0833. The highest BCUT2D eigenvalue weighted by Gasteiger charge is 2.04. The third-order valence-electron chi connectivity index (χ3n) is 2.16. The number of pyridine rings is 1. The van der Waals surface area contributed by atoms with Crippen LogP contribution in [0.3, 0.4) is 0 Å². The Labute approximate surface area is 103 Å². The molecule has 0 atom stereocenters. The van der Waals surface area contributed by atoms with E-state index >= 15 is 0 Å². The van der Waals surface area contributed by atoms with Gasteiger partial charge in [-0.05, 0) is 30.7 Å². The average Bonchev–Trinajstić information content (AvgIpc) is 2.22. The van der Waals surface area contributed by atoms with Gasteiger partial charge in [0.05, 0.1) is 5.69 Å². The molecule has 17 heavy (non-hydrogen) atoms. The summed E-state index contributed by atoms with van der Waals surface area (Å²) in [7, 11) is 0. The Kier molecular flexibility index (Phi) is 3.06. The molecule has 0 radical (unpaired) electrons. The number of nitrogens with one attached hydrogen (secondary N) is 1. The van der Waals surface area contributed by atoms with Crippen LogP contribution in [0.15, 0.2) is 35.3 Å². The Morgan fingerprint density at radius 2 is 2.06 bits per heavy atom. The van der Waals surface area contributed by atoms with Crippen molar-refractivity contribution in [2.24, 2.45) is 0 Å². The zero-order valence-electron chi connectivity index (χ0n) is 9.16. The first kappa shape index (κ1) is 11.5. The number of rotatable bonds is 2. The molecule has 1 aromatic heterocycles. The number of H-pyrrole nitrogens is 1. The van der Waals surface area contributed by atoms with Gasteiger partial charge in [-0.15, -0.1) is 0 Å². The molecule has 0 saturated carbocycles. The zero-order valence-corrected chi connectivity index (χ0v) is 9.91. The van der Waals surface area contributed by atoms with Gasteiger partial charge in [-0.2, -0.15) is 0 Å². The molecule has 0 spiro atoms. The van der Waals surface area contributed by atoms with Crippen LogP contribution in [0, 0.1) is 6.92 Å². The Hall–Kier alpha value is -1.94. The molecule has 0 fully saturated rings. The molecule has 2 aromatic rings. The van der Waals surface area contributed by atoms with Crippen molar-refractivity contribution in [2.75, 3.05) is 5.73 Å². The molecule has 0 unspecified atom stereocenters. The normalized spacial score (nSPS) is 10.2. The summed E-state index contributed by atoms with van der Waals surface area (Å²) < 4.78 is 5.52. The standard InChI is InChI=1S/C12H11ClN2O2/c1-7-2-8(13)4-9(3-7)17-11-5-12(16)15-6-10(11)14/h2-6H,14H2,1H3,(H,15,16). The maximum absolute atomic E-state index is 11.1. The fourth-order valence-corrected chi connectivity index (χ4v) is 1.72. The molecule has 0 amide bonds. The number of nitrogens with two attached hydrogens (primary N) is 1. The average molecular weight is 251 g/mol. The Bertz CT molecular complexity index is 587. The van der Waals surface area contributed by atoms with Gasteiger partial charge in [0.25, 0.3) is 5.56 Å². The SMILES string of the molecule is Cc1cc(Cl)cc(Oc2cc(=O)[nH]cc2N)c1. The molecule has 0 bridgehead atoms. The van der Waals surface area contributed by atoms with Gasteiger partial charge in [-0.25, -0.2) is 0 Å². The van der Waals surface area contributed by atoms with Crippen LogP contribution in [0.25, 0.3) is 0 Å². The molecule has 0 saturated heterocycles. The van der Waals surface area contributed by atoms with Gasteiger partial charge in [0, 0.05) is 17.3 Å². The van der Waals surface area contributed by atoms with Crippen LogP contribution < -0.4 is 16.0 Å². The van der Waals surface area contributed by atoms with Crippen molar-refractivity contribution in [3.63, 3.8) is 0 Å². The second-order valence-corrected chi connectivity index (χ2v) is 4.12. The van der Waals surface area contributed by atoms with Crippen molar-refractivity contribution in [1.82, 2.24) is 4.98 Å². The molecule has 0 aliphatic carbocycles. The number of benzene rings is 1. The van der Waals surface area contributed by atoms with Crippen LogP contribution in [0.1, 0.15) is 5.56 Å². The van der Waals surface area contributed by atoms with Gasteiger partial charge in [0.15, 0.2) is 5.75 Å². The second-order valence-electron chi connectivity index (χ2n) is 3.68. The number of aromatic nitrogens is 1. The van der Waals surface area contributed by atoms with Crippen LogP contribution in [-0.4, -0.2) is 4.98 Å². The van der Waals surface area contributed by atoms with Crippen molar-refractivity contribution >= 4 is 17.3 Å². The number of aromatic amines is 1. The van der Waals surface area contributed by atoms with E-state index in [1.54, 1.807) is 6.07 Å². The van der Waals surface area contributed by atoms with E-state index in [9.17, 15) is 4.79 Å². The van der Waals surface area contributed by atoms with Crippen LogP contribution in [0.4, 0.5) is 5.69 Å². The number of hydrogen-bond donors (Lipinski definition) is 2. The van der Waals surface area contributed by atoms with Crippen molar-refractivity contribution in [3.05, 3.63) is 51.4 Å². The number of halogens is 1. The summed E-state index contributed by atoms with van der Waals surface area (Å²) in [5.74, 6) is 0.864. The molecule has 3 N–H and O–H groups in total. The number of hydrogen-bond acceptors (Lipinski definition) is 3. The molecule has 0 aliphatic rings. The van der Waals surface area contributed by atoms with Crippen molar-refractivity contribution in [1.29, 1.82) is 0 Å². The maximum Gasteiger partial charge on any atom is 0.251 e. The van der Waals surface area contributed by atoms with Gasteiger partial charge in [-0.3, -0.25) is 4.79 Å². The summed E-state index contributed by atoms with van der Waals surface area (Å²) in [5.41, 5.74) is 6.75. The van der Waals surface area contributed by atoms with Gasteiger partial charge in [0.2, 0.25) is 0 Å². The third kappa shape index (κ3) is 2.79. The first-order chi connectivity index (χ1) is 8.04. The lowest BCUT2D eigenvalue weighted by Gasteiger charge is -2.08. The topological polar surface area (TPSA) is 68.1 Å². The Morgan fingerprint density at radius 3 is 2.76 bits per heavy atom. The molecule has 5 heteroatoms. The third-order valence-corrected chi connectivity index (χ3v) is 2.38. The van der Waals surface area contributed by atoms with Gasteiger partial charge >= 0.3 is 0 Å². The van der Waals surface area contributed by atoms with E-state index in [0.29, 0.717) is 22.2 Å². The predicted octanol–water partition coefficient (Wildman–Crippen LogP) is 2.71. The van der Waals surface area contributed by atoms with Crippen LogP contribution >= 0.6 is 11.6 Å². The minimum Gasteiger partial charge on any atom is -0.455 e. The number of ether oxygens (including phenoxy) is 1. The lowest BCUT2D eigenvalue weighted by atomic mass is 10.2. The number of aryl methyl sites for hydroxylation is 1. The van der Waals surface area contributed by atoms with Crippen molar-refractivity contribution in [2.45, 2.75) is 6.92 Å². The summed E-state index contributed by atoms with van der Waals surface area (Å²) >= 11 is 5.91. The van der Waals surface area contributed by atoms with E-state index in [-0.39, 0.29) is 5.56 Å². The first-order valence-corrected chi connectivity index (χ1v) is 5.35. The highest BCUT2D eigenvalue weighted by molar-refractivity contribution is 6.30. The van der Waals surface area contributed by atoms with E-state index in [4.69, 9.17) is 22.1 Å². The quantitative estimate of drug-likeness (QED) is 0.861. The molecule has 4 nitrogen and oxygen atoms in total. The van der Waals surface area contributed by atoms with Gasteiger partial charge in [0.1, 0.15) is 5.75 Å². The zero-order chi connectivity index (χ0) is 12.4. The Morgan fingerprint density at radius 1 is 1.29 bits per heavy atom. The monoisotopic (exact) mass is 250 g/mol. The molecule has 88 valence electrons. The Balaban J connectivity index is 2.37. The predicted molar refractivity (Wildman–Crippen MR) is 67.7 cm³/mol. The molecule has 0 aliphatic heterocycles. The summed E-state index contributed by atoms with van der Waals surface area (Å²) in [5, 5.41) is 0.573. The van der Waals surface area contributed by atoms with Crippen LogP contribution in [0.2, 0.25) is 5.02 Å².